The van der Waals surface area contributed by atoms with Crippen LogP contribution in [0.3, 0.4) is 0 Å². The van der Waals surface area contributed by atoms with Crippen LogP contribution in [-0.2, 0) is 13.0 Å². The number of nitriles is 1. The second-order valence-electron chi connectivity index (χ2n) is 11.9. The van der Waals surface area contributed by atoms with Crippen LogP contribution in [0.25, 0.3) is 16.6 Å². The number of fused-ring (bicyclic) bond motifs is 3. The minimum atomic E-state index is -0.974. The average Bonchev–Trinajstić information content (AvgIpc) is 3.42. The Morgan fingerprint density at radius 2 is 1.98 bits per heavy atom. The summed E-state index contributed by atoms with van der Waals surface area (Å²) < 4.78 is 7.52. The van der Waals surface area contributed by atoms with Crippen molar-refractivity contribution in [3.63, 3.8) is 0 Å². The van der Waals surface area contributed by atoms with Gasteiger partial charge in [0.1, 0.15) is 24.2 Å². The van der Waals surface area contributed by atoms with Crippen LogP contribution in [0, 0.1) is 11.3 Å². The van der Waals surface area contributed by atoms with Crippen molar-refractivity contribution in [2.24, 2.45) is 4.99 Å². The normalized spacial score (nSPS) is 18.8. The van der Waals surface area contributed by atoms with E-state index < -0.39 is 5.60 Å². The molecule has 7 rings (SSSR count). The molecule has 216 valence electrons. The summed E-state index contributed by atoms with van der Waals surface area (Å²) in [5.74, 6) is 1.52. The van der Waals surface area contributed by atoms with Crippen molar-refractivity contribution in [3.8, 4) is 22.9 Å². The number of anilines is 1. The second kappa shape index (κ2) is 11.2. The van der Waals surface area contributed by atoms with Crippen molar-refractivity contribution in [1.82, 2.24) is 19.5 Å². The number of nitrogens with zero attached hydrogens (tertiary/aromatic N) is 7. The molecule has 9 nitrogen and oxygen atoms in total. The molecule has 0 amide bonds. The van der Waals surface area contributed by atoms with E-state index in [2.05, 4.69) is 63.2 Å². The van der Waals surface area contributed by atoms with Crippen LogP contribution in [0.15, 0.2) is 60.0 Å². The largest absolute Gasteiger partial charge is 0.489 e. The lowest BCUT2D eigenvalue weighted by atomic mass is 9.86. The van der Waals surface area contributed by atoms with E-state index in [1.165, 1.54) is 17.5 Å². The van der Waals surface area contributed by atoms with Gasteiger partial charge in [-0.05, 0) is 69.0 Å². The molecule has 2 bridgehead atoms. The highest BCUT2D eigenvalue weighted by molar-refractivity contribution is 5.85. The van der Waals surface area contributed by atoms with Gasteiger partial charge in [0.25, 0.3) is 0 Å². The number of aliphatic hydroxyl groups is 1. The Bertz CT molecular complexity index is 1650. The number of hydrogen-bond acceptors (Lipinski definition) is 8. The van der Waals surface area contributed by atoms with Gasteiger partial charge in [-0.3, -0.25) is 9.89 Å². The zero-order chi connectivity index (χ0) is 29.4. The van der Waals surface area contributed by atoms with Crippen molar-refractivity contribution in [1.29, 1.82) is 5.26 Å². The topological polar surface area (TPSA) is 102 Å². The van der Waals surface area contributed by atoms with Gasteiger partial charge in [-0.2, -0.15) is 10.4 Å². The Labute approximate surface area is 246 Å². The first kappa shape index (κ1) is 27.9. The Balaban J connectivity index is 1.18. The summed E-state index contributed by atoms with van der Waals surface area (Å²) in [7, 11) is 0. The SMILES string of the molecule is C/C=N\c1ccc(CN2C3CC2CN(c2ccc(-c4cc(OCC(C)(C)O)cn5ncc(C#N)c45)cn2)C3)cc1CC. The number of hydrogen-bond donors (Lipinski definition) is 1. The van der Waals surface area contributed by atoms with Crippen LogP contribution >= 0.6 is 0 Å². The number of aliphatic imine (C=N–C) groups is 1. The fourth-order valence-corrected chi connectivity index (χ4v) is 6.10. The molecule has 3 fully saturated rings. The van der Waals surface area contributed by atoms with E-state index in [4.69, 9.17) is 9.72 Å². The average molecular weight is 564 g/mol. The molecule has 9 heteroatoms. The summed E-state index contributed by atoms with van der Waals surface area (Å²) in [5, 5.41) is 24.2. The number of aromatic nitrogens is 3. The van der Waals surface area contributed by atoms with Crippen molar-refractivity contribution < 1.29 is 9.84 Å². The molecule has 3 aromatic heterocycles. The molecule has 0 spiro atoms. The highest BCUT2D eigenvalue weighted by Gasteiger charge is 2.44. The lowest BCUT2D eigenvalue weighted by Crippen LogP contribution is -2.68. The molecule has 0 aliphatic carbocycles. The molecular formula is C33H37N7O2. The van der Waals surface area contributed by atoms with Gasteiger partial charge in [0.15, 0.2) is 0 Å². The zero-order valence-electron chi connectivity index (χ0n) is 24.7. The lowest BCUT2D eigenvalue weighted by molar-refractivity contribution is -0.00869. The number of piperazine rings is 1. The molecule has 1 N–H and O–H groups in total. The lowest BCUT2D eigenvalue weighted by Gasteiger charge is -2.56. The Kier molecular flexibility index (Phi) is 7.43. The van der Waals surface area contributed by atoms with Crippen molar-refractivity contribution in [2.75, 3.05) is 24.6 Å². The van der Waals surface area contributed by atoms with Crippen molar-refractivity contribution in [3.05, 3.63) is 71.7 Å². The third kappa shape index (κ3) is 5.48. The van der Waals surface area contributed by atoms with Gasteiger partial charge in [0.2, 0.25) is 0 Å². The maximum absolute atomic E-state index is 10.1. The molecule has 1 aromatic carbocycles. The molecule has 3 aliphatic rings. The molecule has 2 atom stereocenters. The molecule has 3 aliphatic heterocycles. The number of pyridine rings is 2. The molecule has 4 aromatic rings. The minimum Gasteiger partial charge on any atom is -0.489 e. The third-order valence-electron chi connectivity index (χ3n) is 8.18. The molecule has 42 heavy (non-hydrogen) atoms. The summed E-state index contributed by atoms with van der Waals surface area (Å²) in [4.78, 5) is 14.4. The molecule has 0 radical (unpaired) electrons. The quantitative estimate of drug-likeness (QED) is 0.281. The van der Waals surface area contributed by atoms with Crippen molar-refractivity contribution >= 4 is 23.2 Å². The van der Waals surface area contributed by atoms with E-state index in [1.807, 2.05) is 25.4 Å². The van der Waals surface area contributed by atoms with Gasteiger partial charge >= 0.3 is 0 Å². The summed E-state index contributed by atoms with van der Waals surface area (Å²) in [6.07, 6.45) is 9.21. The fraction of sp³-hybridized carbons (Fsp3) is 0.394. The second-order valence-corrected chi connectivity index (χ2v) is 11.9. The van der Waals surface area contributed by atoms with Crippen LogP contribution < -0.4 is 9.64 Å². The predicted octanol–water partition coefficient (Wildman–Crippen LogP) is 5.17. The molecular weight excluding hydrogens is 526 g/mol. The first-order chi connectivity index (χ1) is 20.3. The summed E-state index contributed by atoms with van der Waals surface area (Å²) in [5.41, 5.74) is 5.62. The van der Waals surface area contributed by atoms with Gasteiger partial charge < -0.3 is 14.7 Å². The van der Waals surface area contributed by atoms with E-state index in [9.17, 15) is 10.4 Å². The van der Waals surface area contributed by atoms with Crippen molar-refractivity contribution in [2.45, 2.75) is 64.8 Å². The van der Waals surface area contributed by atoms with Crippen LogP contribution in [-0.4, -0.2) is 68.2 Å². The van der Waals surface area contributed by atoms with Gasteiger partial charge in [-0.25, -0.2) is 9.50 Å². The summed E-state index contributed by atoms with van der Waals surface area (Å²) in [6.45, 7) is 10.5. The van der Waals surface area contributed by atoms with Gasteiger partial charge in [0, 0.05) is 55.3 Å². The van der Waals surface area contributed by atoms with Crippen LogP contribution in [0.4, 0.5) is 11.5 Å². The number of piperidine rings is 1. The maximum atomic E-state index is 10.1. The smallest absolute Gasteiger partial charge is 0.138 e. The number of benzene rings is 1. The number of ether oxygens (including phenoxy) is 1. The maximum Gasteiger partial charge on any atom is 0.138 e. The Hall–Kier alpha value is -4.26. The fourth-order valence-electron chi connectivity index (χ4n) is 6.10. The third-order valence-corrected chi connectivity index (χ3v) is 8.18. The van der Waals surface area contributed by atoms with E-state index in [1.54, 1.807) is 30.8 Å². The van der Waals surface area contributed by atoms with E-state index in [0.29, 0.717) is 28.9 Å². The van der Waals surface area contributed by atoms with Gasteiger partial charge in [-0.1, -0.05) is 19.1 Å². The van der Waals surface area contributed by atoms with E-state index in [-0.39, 0.29) is 6.61 Å². The van der Waals surface area contributed by atoms with Crippen LogP contribution in [0.1, 0.15) is 50.8 Å². The van der Waals surface area contributed by atoms with Crippen LogP contribution in [0.2, 0.25) is 0 Å². The Morgan fingerprint density at radius 3 is 2.64 bits per heavy atom. The van der Waals surface area contributed by atoms with E-state index in [0.717, 1.165) is 48.7 Å². The van der Waals surface area contributed by atoms with Gasteiger partial charge in [-0.15, -0.1) is 0 Å². The summed E-state index contributed by atoms with van der Waals surface area (Å²) in [6, 6.07) is 15.9. The Morgan fingerprint density at radius 1 is 1.17 bits per heavy atom. The van der Waals surface area contributed by atoms with Crippen LogP contribution in [0.5, 0.6) is 5.75 Å². The first-order valence-electron chi connectivity index (χ1n) is 14.6. The zero-order valence-corrected chi connectivity index (χ0v) is 24.7. The van der Waals surface area contributed by atoms with E-state index >= 15 is 0 Å². The number of rotatable bonds is 9. The predicted molar refractivity (Wildman–Crippen MR) is 165 cm³/mol. The highest BCUT2D eigenvalue weighted by Crippen LogP contribution is 2.37. The first-order valence-corrected chi connectivity index (χ1v) is 14.6. The molecule has 6 heterocycles. The number of aryl methyl sites for hydroxylation is 1. The van der Waals surface area contributed by atoms with Gasteiger partial charge in [0.05, 0.1) is 34.8 Å². The minimum absolute atomic E-state index is 0.133. The standard InChI is InChI=1S/C33H37N7O2/c1-5-23-11-22(7-9-30(23)35-6-2)17-39-26-12-27(39)19-38(18-26)31-10-8-24(15-36-31)29-13-28(42-21-33(3,4)41)20-40-32(29)25(14-34)16-37-40/h6-11,13,15-16,20,26-27,41H,5,12,17-19,21H2,1-4H3/b35-6-. The highest BCUT2D eigenvalue weighted by atomic mass is 16.5. The molecule has 0 saturated carbocycles. The monoisotopic (exact) mass is 563 g/mol. The summed E-state index contributed by atoms with van der Waals surface area (Å²) >= 11 is 0. The molecule has 2 unspecified atom stereocenters. The molecule has 3 saturated heterocycles.